The molecule has 1 saturated heterocycles. The first-order chi connectivity index (χ1) is 8.61. The molecular formula is C13H20BrN3O. The van der Waals surface area contributed by atoms with E-state index in [4.69, 9.17) is 0 Å². The SMILES string of the molecule is CNCC1CCCN(C(=O)c2cc(Br)cn2C)C1. The molecule has 0 saturated carbocycles. The lowest BCUT2D eigenvalue weighted by Gasteiger charge is -2.32. The van der Waals surface area contributed by atoms with Crippen LogP contribution in [0.2, 0.25) is 0 Å². The lowest BCUT2D eigenvalue weighted by atomic mass is 9.98. The van der Waals surface area contributed by atoms with Crippen molar-refractivity contribution in [2.24, 2.45) is 13.0 Å². The van der Waals surface area contributed by atoms with Crippen molar-refractivity contribution in [3.05, 3.63) is 22.4 Å². The Balaban J connectivity index is 2.06. The summed E-state index contributed by atoms with van der Waals surface area (Å²) in [5.41, 5.74) is 0.756. The number of hydrogen-bond donors (Lipinski definition) is 1. The highest BCUT2D eigenvalue weighted by molar-refractivity contribution is 9.10. The van der Waals surface area contributed by atoms with Crippen LogP contribution in [0.15, 0.2) is 16.7 Å². The first-order valence-corrected chi connectivity index (χ1v) is 7.17. The Morgan fingerprint density at radius 3 is 3.00 bits per heavy atom. The summed E-state index contributed by atoms with van der Waals surface area (Å²) in [6, 6.07) is 1.89. The Hall–Kier alpha value is -0.810. The molecule has 1 fully saturated rings. The van der Waals surface area contributed by atoms with Gasteiger partial charge in [-0.15, -0.1) is 0 Å². The summed E-state index contributed by atoms with van der Waals surface area (Å²) in [5.74, 6) is 0.723. The van der Waals surface area contributed by atoms with E-state index in [1.54, 1.807) is 0 Å². The zero-order valence-corrected chi connectivity index (χ0v) is 12.5. The van der Waals surface area contributed by atoms with E-state index >= 15 is 0 Å². The molecule has 2 rings (SSSR count). The van der Waals surface area contributed by atoms with Gasteiger partial charge in [0.25, 0.3) is 5.91 Å². The zero-order chi connectivity index (χ0) is 13.1. The van der Waals surface area contributed by atoms with Crippen molar-refractivity contribution in [2.45, 2.75) is 12.8 Å². The van der Waals surface area contributed by atoms with Crippen molar-refractivity contribution in [1.82, 2.24) is 14.8 Å². The molecule has 1 aromatic heterocycles. The number of nitrogens with zero attached hydrogens (tertiary/aromatic N) is 2. The van der Waals surface area contributed by atoms with Gasteiger partial charge in [-0.2, -0.15) is 0 Å². The summed E-state index contributed by atoms with van der Waals surface area (Å²) in [6.07, 6.45) is 4.23. The minimum atomic E-state index is 0.143. The van der Waals surface area contributed by atoms with Gasteiger partial charge in [-0.1, -0.05) is 0 Å². The molecule has 0 radical (unpaired) electrons. The van der Waals surface area contributed by atoms with Crippen LogP contribution in [0.25, 0.3) is 0 Å². The van der Waals surface area contributed by atoms with Crippen LogP contribution in [0.1, 0.15) is 23.3 Å². The van der Waals surface area contributed by atoms with Crippen LogP contribution in [0, 0.1) is 5.92 Å². The van der Waals surface area contributed by atoms with E-state index < -0.39 is 0 Å². The molecule has 0 spiro atoms. The molecule has 1 aliphatic heterocycles. The molecule has 0 aromatic carbocycles. The van der Waals surface area contributed by atoms with Gasteiger partial charge < -0.3 is 14.8 Å². The average Bonchev–Trinajstić information content (AvgIpc) is 2.68. The number of rotatable bonds is 3. The highest BCUT2D eigenvalue weighted by Gasteiger charge is 2.25. The minimum Gasteiger partial charge on any atom is -0.345 e. The predicted molar refractivity (Wildman–Crippen MR) is 75.7 cm³/mol. The van der Waals surface area contributed by atoms with Crippen LogP contribution in [-0.2, 0) is 7.05 Å². The van der Waals surface area contributed by atoms with E-state index in [1.807, 2.05) is 35.8 Å². The van der Waals surface area contributed by atoms with Crippen molar-refractivity contribution in [3.8, 4) is 0 Å². The third-order valence-corrected chi connectivity index (χ3v) is 3.92. The first kappa shape index (κ1) is 13.6. The molecule has 2 heterocycles. The number of hydrogen-bond acceptors (Lipinski definition) is 2. The van der Waals surface area contributed by atoms with Crippen LogP contribution in [-0.4, -0.2) is 42.1 Å². The van der Waals surface area contributed by atoms with E-state index in [1.165, 1.54) is 6.42 Å². The third kappa shape index (κ3) is 2.95. The predicted octanol–water partition coefficient (Wildman–Crippen LogP) is 1.86. The van der Waals surface area contributed by atoms with Gasteiger partial charge in [0.2, 0.25) is 0 Å². The number of halogens is 1. The Kier molecular flexibility index (Phi) is 4.45. The van der Waals surface area contributed by atoms with E-state index in [9.17, 15) is 4.79 Å². The molecule has 1 amide bonds. The Morgan fingerprint density at radius 1 is 1.61 bits per heavy atom. The lowest BCUT2D eigenvalue weighted by molar-refractivity contribution is 0.0664. The number of amides is 1. The summed E-state index contributed by atoms with van der Waals surface area (Å²) in [5, 5.41) is 3.20. The third-order valence-electron chi connectivity index (χ3n) is 3.49. The smallest absolute Gasteiger partial charge is 0.270 e. The van der Waals surface area contributed by atoms with Crippen molar-refractivity contribution in [3.63, 3.8) is 0 Å². The fourth-order valence-electron chi connectivity index (χ4n) is 2.60. The fraction of sp³-hybridized carbons (Fsp3) is 0.615. The molecule has 1 unspecified atom stereocenters. The van der Waals surface area contributed by atoms with Crippen LogP contribution < -0.4 is 5.32 Å². The molecule has 100 valence electrons. The number of carbonyl (C=O) groups is 1. The average molecular weight is 314 g/mol. The van der Waals surface area contributed by atoms with E-state index in [0.717, 1.165) is 36.2 Å². The van der Waals surface area contributed by atoms with Crippen molar-refractivity contribution in [1.29, 1.82) is 0 Å². The van der Waals surface area contributed by atoms with Gasteiger partial charge >= 0.3 is 0 Å². The second kappa shape index (κ2) is 5.89. The Morgan fingerprint density at radius 2 is 2.39 bits per heavy atom. The molecule has 1 aromatic rings. The second-order valence-corrected chi connectivity index (χ2v) is 5.89. The maximum absolute atomic E-state index is 12.4. The van der Waals surface area contributed by atoms with Gasteiger partial charge in [0.05, 0.1) is 0 Å². The zero-order valence-electron chi connectivity index (χ0n) is 10.9. The molecule has 4 nitrogen and oxygen atoms in total. The van der Waals surface area contributed by atoms with Gasteiger partial charge in [0.1, 0.15) is 5.69 Å². The molecule has 0 aliphatic carbocycles. The first-order valence-electron chi connectivity index (χ1n) is 6.37. The maximum atomic E-state index is 12.4. The van der Waals surface area contributed by atoms with E-state index in [-0.39, 0.29) is 5.91 Å². The summed E-state index contributed by atoms with van der Waals surface area (Å²) >= 11 is 3.41. The molecule has 1 N–H and O–H groups in total. The van der Waals surface area contributed by atoms with Gasteiger partial charge in [-0.3, -0.25) is 4.79 Å². The number of likely N-dealkylation sites (tertiary alicyclic amines) is 1. The van der Waals surface area contributed by atoms with Gasteiger partial charge in [0.15, 0.2) is 0 Å². The van der Waals surface area contributed by atoms with E-state index in [0.29, 0.717) is 5.92 Å². The van der Waals surface area contributed by atoms with E-state index in [2.05, 4.69) is 21.2 Å². The fourth-order valence-corrected chi connectivity index (χ4v) is 3.13. The second-order valence-electron chi connectivity index (χ2n) is 4.97. The van der Waals surface area contributed by atoms with Crippen LogP contribution in [0.3, 0.4) is 0 Å². The lowest BCUT2D eigenvalue weighted by Crippen LogP contribution is -2.43. The molecule has 18 heavy (non-hydrogen) atoms. The highest BCUT2D eigenvalue weighted by atomic mass is 79.9. The molecule has 5 heteroatoms. The summed E-state index contributed by atoms with van der Waals surface area (Å²) < 4.78 is 2.84. The van der Waals surface area contributed by atoms with Crippen LogP contribution >= 0.6 is 15.9 Å². The largest absolute Gasteiger partial charge is 0.345 e. The van der Waals surface area contributed by atoms with Crippen LogP contribution in [0.4, 0.5) is 0 Å². The highest BCUT2D eigenvalue weighted by Crippen LogP contribution is 2.20. The van der Waals surface area contributed by atoms with Gasteiger partial charge in [-0.25, -0.2) is 0 Å². The Bertz CT molecular complexity index is 428. The number of aryl methyl sites for hydroxylation is 1. The van der Waals surface area contributed by atoms with Gasteiger partial charge in [-0.05, 0) is 54.3 Å². The van der Waals surface area contributed by atoms with Crippen LogP contribution in [0.5, 0.6) is 0 Å². The number of piperidine rings is 1. The molecule has 1 aliphatic rings. The summed E-state index contributed by atoms with van der Waals surface area (Å²) in [4.78, 5) is 14.4. The monoisotopic (exact) mass is 313 g/mol. The maximum Gasteiger partial charge on any atom is 0.270 e. The number of aromatic nitrogens is 1. The number of nitrogens with one attached hydrogen (secondary N) is 1. The topological polar surface area (TPSA) is 37.3 Å². The normalized spacial score (nSPS) is 20.2. The Labute approximate surface area is 116 Å². The molecule has 0 bridgehead atoms. The molecule has 1 atom stereocenters. The molecular weight excluding hydrogens is 294 g/mol. The van der Waals surface area contributed by atoms with Crippen molar-refractivity contribution in [2.75, 3.05) is 26.7 Å². The van der Waals surface area contributed by atoms with Crippen molar-refractivity contribution >= 4 is 21.8 Å². The quantitative estimate of drug-likeness (QED) is 0.925. The summed E-state index contributed by atoms with van der Waals surface area (Å²) in [7, 11) is 3.88. The standard InChI is InChI=1S/C13H20BrN3O/c1-15-7-10-4-3-5-17(8-10)13(18)12-6-11(14)9-16(12)2/h6,9-10,15H,3-5,7-8H2,1-2H3. The van der Waals surface area contributed by atoms with Gasteiger partial charge in [0, 0.05) is 30.8 Å². The summed E-state index contributed by atoms with van der Waals surface area (Å²) in [6.45, 7) is 2.73. The minimum absolute atomic E-state index is 0.143. The van der Waals surface area contributed by atoms with Crippen molar-refractivity contribution < 1.29 is 4.79 Å². The number of carbonyl (C=O) groups excluding carboxylic acids is 1.